The first-order chi connectivity index (χ1) is 30.0. The highest BCUT2D eigenvalue weighted by molar-refractivity contribution is 5.96. The summed E-state index contributed by atoms with van der Waals surface area (Å²) in [5.41, 5.74) is 7.14. The van der Waals surface area contributed by atoms with Gasteiger partial charge in [0.1, 0.15) is 18.5 Å². The number of benzene rings is 2. The number of aromatic nitrogens is 2. The minimum Gasteiger partial charge on any atom is -0.481 e. The number of rotatable bonds is 15. The quantitative estimate of drug-likeness (QED) is 0.0618. The van der Waals surface area contributed by atoms with Gasteiger partial charge >= 0.3 is 11.9 Å². The van der Waals surface area contributed by atoms with Gasteiger partial charge in [0.25, 0.3) is 5.56 Å². The van der Waals surface area contributed by atoms with Crippen LogP contribution in [0.25, 0.3) is 22.3 Å². The summed E-state index contributed by atoms with van der Waals surface area (Å²) in [7, 11) is 0. The number of nitrogens with two attached hydrogens (primary N) is 1. The number of carbonyl (C=O) groups is 7. The number of fused-ring (bicyclic) bond motifs is 5. The molecule has 4 atom stereocenters. The smallest absolute Gasteiger partial charge is 0.343 e. The zero-order valence-corrected chi connectivity index (χ0v) is 34.3. The van der Waals surface area contributed by atoms with Gasteiger partial charge in [0.05, 0.1) is 67.2 Å². The van der Waals surface area contributed by atoms with Crippen LogP contribution in [0, 0.1) is 12.7 Å². The number of aliphatic hydroxyl groups is 1. The zero-order chi connectivity index (χ0) is 45.3. The number of carboxylic acid groups (broad SMARTS) is 1. The van der Waals surface area contributed by atoms with E-state index >= 15 is 4.39 Å². The lowest BCUT2D eigenvalue weighted by Gasteiger charge is -2.31. The molecular formula is C43H45FN8O11. The second-order valence-corrected chi connectivity index (χ2v) is 15.7. The van der Waals surface area contributed by atoms with Crippen LogP contribution in [0.5, 0.6) is 0 Å². The van der Waals surface area contributed by atoms with Gasteiger partial charge in [-0.2, -0.15) is 0 Å². The Kier molecular flexibility index (Phi) is 12.4. The molecule has 4 aromatic rings. The third-order valence-electron chi connectivity index (χ3n) is 11.7. The summed E-state index contributed by atoms with van der Waals surface area (Å²) < 4.78 is 22.0. The summed E-state index contributed by atoms with van der Waals surface area (Å²) in [4.78, 5) is 107. The number of carboxylic acids is 1. The van der Waals surface area contributed by atoms with Crippen molar-refractivity contribution in [1.29, 1.82) is 0 Å². The first-order valence-electron chi connectivity index (χ1n) is 20.2. The highest BCUT2D eigenvalue weighted by Gasteiger charge is 2.46. The molecule has 63 heavy (non-hydrogen) atoms. The number of nitrogens with zero attached hydrogens (tertiary/aromatic N) is 2. The number of aryl methyl sites for hydroxylation is 1. The lowest BCUT2D eigenvalue weighted by Crippen LogP contribution is -2.52. The van der Waals surface area contributed by atoms with E-state index in [9.17, 15) is 43.5 Å². The van der Waals surface area contributed by atoms with Crippen LogP contribution in [0.2, 0.25) is 0 Å². The second kappa shape index (κ2) is 17.7. The minimum atomic E-state index is -2.06. The Morgan fingerprint density at radius 3 is 2.38 bits per heavy atom. The fraction of sp³-hybridized carbons (Fsp3) is 0.372. The Bertz CT molecular complexity index is 2650. The number of nitrogens with one attached hydrogen (secondary N) is 5. The van der Waals surface area contributed by atoms with Crippen molar-refractivity contribution in [3.8, 4) is 11.4 Å². The van der Waals surface area contributed by atoms with Crippen LogP contribution in [-0.2, 0) is 69.9 Å². The third-order valence-corrected chi connectivity index (χ3v) is 11.7. The summed E-state index contributed by atoms with van der Waals surface area (Å²) in [5, 5.41) is 33.4. The van der Waals surface area contributed by atoms with Crippen LogP contribution in [0.1, 0.15) is 71.2 Å². The molecule has 5 amide bonds. The van der Waals surface area contributed by atoms with Crippen molar-refractivity contribution in [3.05, 3.63) is 97.6 Å². The summed E-state index contributed by atoms with van der Waals surface area (Å²) in [6.45, 7) is 1.27. The molecule has 19 nitrogen and oxygen atoms in total. The van der Waals surface area contributed by atoms with E-state index in [1.54, 1.807) is 50.2 Å². The van der Waals surface area contributed by atoms with Gasteiger partial charge in [-0.05, 0) is 54.5 Å². The molecule has 0 saturated carbocycles. The number of cyclic esters (lactones) is 1. The molecule has 0 spiro atoms. The minimum absolute atomic E-state index is 0.0151. The summed E-state index contributed by atoms with van der Waals surface area (Å²) >= 11 is 0. The fourth-order valence-corrected chi connectivity index (χ4v) is 8.36. The van der Waals surface area contributed by atoms with Crippen molar-refractivity contribution in [3.63, 3.8) is 0 Å². The van der Waals surface area contributed by atoms with Crippen LogP contribution in [0.3, 0.4) is 0 Å². The van der Waals surface area contributed by atoms with Gasteiger partial charge in [-0.25, -0.2) is 14.2 Å². The Balaban J connectivity index is 1.07. The number of esters is 1. The first kappa shape index (κ1) is 44.0. The van der Waals surface area contributed by atoms with Gasteiger partial charge in [-0.1, -0.05) is 37.3 Å². The van der Waals surface area contributed by atoms with E-state index < -0.39 is 103 Å². The normalized spacial score (nSPS) is 17.9. The SMILES string of the molecule is CC[C@@]1(O)C(=O)OCc2c1cc1n(c2=O)Cc2c-1nc1cc(F)c(C)c3c1c2[C@@H](NC(=O)CNC(=O)[C@H](Cc1ccccc1)NC(=O)CNC(=O)CNC(=O)[C@H](N)CC(=O)O)CC3. The van der Waals surface area contributed by atoms with Crippen molar-refractivity contribution in [2.24, 2.45) is 5.73 Å². The number of ether oxygens (including phenoxy) is 1. The van der Waals surface area contributed by atoms with Gasteiger partial charge in [-0.15, -0.1) is 0 Å². The van der Waals surface area contributed by atoms with E-state index in [0.717, 1.165) is 0 Å². The van der Waals surface area contributed by atoms with E-state index in [4.69, 9.17) is 20.6 Å². The van der Waals surface area contributed by atoms with Crippen LogP contribution in [-0.4, -0.2) is 93.0 Å². The third kappa shape index (κ3) is 8.71. The summed E-state index contributed by atoms with van der Waals surface area (Å²) in [6.07, 6.45) is 0.0194. The average Bonchev–Trinajstić information content (AvgIpc) is 3.63. The number of halogens is 1. The number of pyridine rings is 2. The Morgan fingerprint density at radius 2 is 1.67 bits per heavy atom. The maximum atomic E-state index is 15.4. The van der Waals surface area contributed by atoms with Gasteiger partial charge in [0.2, 0.25) is 29.5 Å². The van der Waals surface area contributed by atoms with Gasteiger partial charge in [0, 0.05) is 29.0 Å². The molecule has 330 valence electrons. The van der Waals surface area contributed by atoms with Crippen LogP contribution < -0.4 is 37.9 Å². The second-order valence-electron chi connectivity index (χ2n) is 15.7. The van der Waals surface area contributed by atoms with Crippen LogP contribution in [0.4, 0.5) is 4.39 Å². The standard InChI is InChI=1S/C43H45FN8O11/c1-3-43(62)25-12-31-38-23(18-52(31)41(60)24(25)19-63-42(43)61)37-28(10-9-22-20(2)26(44)13-29(51-38)36(22)37)49-34(55)17-48-40(59)30(11-21-7-5-4-6-8-21)50-33(54)16-46-32(53)15-47-39(58)27(45)14-35(56)57/h4-8,12-13,27-28,30,62H,3,9-11,14-19,45H2,1-2H3,(H,46,53)(H,47,58)(H,48,59)(H,49,55)(H,50,54)(H,56,57)/t27-,28+,30+,43+/m1/s1. The molecule has 9 N–H and O–H groups in total. The van der Waals surface area contributed by atoms with E-state index in [1.807, 2.05) is 0 Å². The molecule has 1 aliphatic carbocycles. The highest BCUT2D eigenvalue weighted by Crippen LogP contribution is 2.46. The molecule has 20 heteroatoms. The van der Waals surface area contributed by atoms with Gasteiger partial charge in [0.15, 0.2) is 5.60 Å². The number of carbonyl (C=O) groups excluding carboxylic acids is 6. The molecule has 0 radical (unpaired) electrons. The number of amides is 5. The van der Waals surface area contributed by atoms with E-state index in [1.165, 1.54) is 10.6 Å². The van der Waals surface area contributed by atoms with Crippen molar-refractivity contribution < 1.29 is 52.9 Å². The summed E-state index contributed by atoms with van der Waals surface area (Å²) in [6, 6.07) is 8.32. The predicted molar refractivity (Wildman–Crippen MR) is 220 cm³/mol. The molecule has 0 fully saturated rings. The molecule has 0 unspecified atom stereocenters. The molecular weight excluding hydrogens is 824 g/mol. The first-order valence-corrected chi connectivity index (χ1v) is 20.2. The van der Waals surface area contributed by atoms with Gasteiger partial charge in [-0.3, -0.25) is 33.6 Å². The molecule has 2 aromatic heterocycles. The number of aliphatic carboxylic acids is 1. The lowest BCUT2D eigenvalue weighted by atomic mass is 9.81. The molecule has 2 aromatic carbocycles. The molecule has 0 saturated heterocycles. The number of hydrogen-bond acceptors (Lipinski definition) is 12. The monoisotopic (exact) mass is 868 g/mol. The zero-order valence-electron chi connectivity index (χ0n) is 34.3. The molecule has 0 bridgehead atoms. The van der Waals surface area contributed by atoms with Crippen molar-refractivity contribution in [2.45, 2.75) is 82.8 Å². The molecule has 4 heterocycles. The Labute approximate surface area is 358 Å². The maximum absolute atomic E-state index is 15.4. The topological polar surface area (TPSA) is 290 Å². The van der Waals surface area contributed by atoms with E-state index in [-0.39, 0.29) is 37.1 Å². The fourth-order valence-electron chi connectivity index (χ4n) is 8.36. The predicted octanol–water partition coefficient (Wildman–Crippen LogP) is -0.491. The van der Waals surface area contributed by atoms with Crippen molar-refractivity contribution >= 4 is 52.4 Å². The van der Waals surface area contributed by atoms with Crippen LogP contribution >= 0.6 is 0 Å². The number of hydrogen-bond donors (Lipinski definition) is 8. The molecule has 2 aliphatic heterocycles. The Morgan fingerprint density at radius 1 is 0.968 bits per heavy atom. The summed E-state index contributed by atoms with van der Waals surface area (Å²) in [5.74, 6) is -6.38. The van der Waals surface area contributed by atoms with Crippen molar-refractivity contribution in [2.75, 3.05) is 19.6 Å². The highest BCUT2D eigenvalue weighted by atomic mass is 19.1. The maximum Gasteiger partial charge on any atom is 0.343 e. The Hall–Kier alpha value is -7.06. The largest absolute Gasteiger partial charge is 0.481 e. The van der Waals surface area contributed by atoms with Crippen molar-refractivity contribution in [1.82, 2.24) is 36.1 Å². The lowest BCUT2D eigenvalue weighted by molar-refractivity contribution is -0.172. The molecule has 3 aliphatic rings. The molecule has 7 rings (SSSR count). The average molecular weight is 869 g/mol. The van der Waals surface area contributed by atoms with Gasteiger partial charge < -0.3 is 51.8 Å². The van der Waals surface area contributed by atoms with E-state index in [0.29, 0.717) is 62.9 Å². The van der Waals surface area contributed by atoms with Crippen LogP contribution in [0.15, 0.2) is 47.3 Å². The van der Waals surface area contributed by atoms with E-state index in [2.05, 4.69) is 26.6 Å².